The molecule has 266 valence electrons. The van der Waals surface area contributed by atoms with E-state index in [2.05, 4.69) is 35.2 Å². The maximum absolute atomic E-state index is 16.4. The number of allylic oxidation sites excluding steroid dienone is 1. The zero-order valence-corrected chi connectivity index (χ0v) is 29.5. The molecule has 3 N–H and O–H groups in total. The summed E-state index contributed by atoms with van der Waals surface area (Å²) in [6.45, 7) is -7.06. The number of imidazole rings is 2. The zero-order chi connectivity index (χ0) is 34.4. The van der Waals surface area contributed by atoms with Crippen LogP contribution >= 0.6 is 13.4 Å². The SMILES string of the molecule is C[C@@H]1O[C@H]2[C@H]3O[C@@]14COP(O)(=S)O[C@H]1[C@@H](F)[C@@H](O[C@@H]1COP(O)(=S)O[C@@H]24)n1cnc2c(ncnc21)NC/C=C/CCc1ncnc2c1ncn23. The van der Waals surface area contributed by atoms with Crippen molar-refractivity contribution in [2.45, 2.75) is 74.5 Å². The van der Waals surface area contributed by atoms with Gasteiger partial charge < -0.3 is 38.4 Å². The number of ether oxygens (including phenoxy) is 3. The van der Waals surface area contributed by atoms with Gasteiger partial charge in [-0.1, -0.05) is 12.2 Å². The van der Waals surface area contributed by atoms with Gasteiger partial charge >= 0.3 is 13.4 Å². The second-order valence-electron chi connectivity index (χ2n) is 12.4. The molecule has 4 saturated heterocycles. The van der Waals surface area contributed by atoms with E-state index in [-0.39, 0.29) is 5.65 Å². The second kappa shape index (κ2) is 12.3. The first-order chi connectivity index (χ1) is 24.0. The first-order valence-electron chi connectivity index (χ1n) is 15.7. The Hall–Kier alpha value is -2.49. The highest BCUT2D eigenvalue weighted by atomic mass is 32.5. The van der Waals surface area contributed by atoms with Gasteiger partial charge in [0.25, 0.3) is 0 Å². The fraction of sp³-hybridized carbons (Fsp3) is 0.556. The molecule has 4 fully saturated rings. The Balaban J connectivity index is 1.16. The minimum absolute atomic E-state index is 0.276. The lowest BCUT2D eigenvalue weighted by Crippen LogP contribution is -2.50. The van der Waals surface area contributed by atoms with Gasteiger partial charge in [0.15, 0.2) is 41.3 Å². The van der Waals surface area contributed by atoms with Gasteiger partial charge in [0.1, 0.15) is 48.2 Å². The summed E-state index contributed by atoms with van der Waals surface area (Å²) in [6.07, 6.45) is 1.36. The number of alkyl halides is 1. The van der Waals surface area contributed by atoms with E-state index in [1.165, 1.54) is 23.5 Å². The Bertz CT molecular complexity index is 2110. The molecule has 4 aromatic rings. The van der Waals surface area contributed by atoms with Gasteiger partial charge in [-0.2, -0.15) is 0 Å². The summed E-state index contributed by atoms with van der Waals surface area (Å²) in [5.74, 6) is 0.426. The minimum Gasteiger partial charge on any atom is -0.365 e. The Morgan fingerprint density at radius 1 is 0.900 bits per heavy atom. The van der Waals surface area contributed by atoms with Crippen LogP contribution in [0.2, 0.25) is 0 Å². The number of halogens is 1. The van der Waals surface area contributed by atoms with Gasteiger partial charge in [0.05, 0.1) is 37.7 Å². The van der Waals surface area contributed by atoms with Crippen molar-refractivity contribution in [3.05, 3.63) is 43.2 Å². The molecule has 10 rings (SSSR count). The monoisotopic (exact) mass is 769 g/mol. The van der Waals surface area contributed by atoms with E-state index in [1.54, 1.807) is 17.8 Å². The van der Waals surface area contributed by atoms with E-state index in [0.29, 0.717) is 41.9 Å². The van der Waals surface area contributed by atoms with Crippen LogP contribution in [0.3, 0.4) is 0 Å². The van der Waals surface area contributed by atoms with E-state index in [9.17, 15) is 9.79 Å². The van der Waals surface area contributed by atoms with Crippen LogP contribution in [-0.2, 0) is 62.3 Å². The normalized spacial score (nSPS) is 41.0. The second-order valence-corrected chi connectivity index (χ2v) is 18.0. The van der Waals surface area contributed by atoms with Crippen LogP contribution < -0.4 is 5.32 Å². The highest BCUT2D eigenvalue weighted by Crippen LogP contribution is 2.60. The van der Waals surface area contributed by atoms with E-state index < -0.39 is 81.4 Å². The summed E-state index contributed by atoms with van der Waals surface area (Å²) in [5.41, 5.74) is 0.950. The van der Waals surface area contributed by atoms with Crippen LogP contribution in [0.5, 0.6) is 0 Å². The lowest BCUT2D eigenvalue weighted by Gasteiger charge is -2.37. The summed E-state index contributed by atoms with van der Waals surface area (Å²) in [5, 5.41) is 3.21. The molecule has 50 heavy (non-hydrogen) atoms. The van der Waals surface area contributed by atoms with Crippen LogP contribution in [0, 0.1) is 0 Å². The minimum atomic E-state index is -4.21. The molecule has 0 saturated carbocycles. The number of aromatic nitrogens is 8. The fourth-order valence-corrected chi connectivity index (χ4v) is 9.99. The van der Waals surface area contributed by atoms with Crippen molar-refractivity contribution in [2.24, 2.45) is 0 Å². The number of rotatable bonds is 0. The highest BCUT2D eigenvalue weighted by Gasteiger charge is 2.69. The molecule has 11 atom stereocenters. The Labute approximate surface area is 292 Å². The number of nitrogens with one attached hydrogen (secondary N) is 1. The van der Waals surface area contributed by atoms with Gasteiger partial charge in [0, 0.05) is 6.54 Å². The predicted octanol–water partition coefficient (Wildman–Crippen LogP) is 2.12. The zero-order valence-electron chi connectivity index (χ0n) is 26.0. The van der Waals surface area contributed by atoms with Crippen LogP contribution in [0.1, 0.15) is 31.5 Å². The number of aryl methyl sites for hydroxylation is 1. The lowest BCUT2D eigenvalue weighted by molar-refractivity contribution is -0.214. The van der Waals surface area contributed by atoms with Crippen molar-refractivity contribution in [2.75, 3.05) is 25.1 Å². The van der Waals surface area contributed by atoms with Crippen molar-refractivity contribution in [1.82, 2.24) is 39.0 Å². The Morgan fingerprint density at radius 3 is 2.48 bits per heavy atom. The molecular weight excluding hydrogens is 739 g/mol. The van der Waals surface area contributed by atoms with Crippen LogP contribution in [0.15, 0.2) is 37.5 Å². The third-order valence-electron chi connectivity index (χ3n) is 9.52. The lowest BCUT2D eigenvalue weighted by atomic mass is 9.94. The van der Waals surface area contributed by atoms with Crippen molar-refractivity contribution < 1.29 is 46.5 Å². The summed E-state index contributed by atoms with van der Waals surface area (Å²) < 4.78 is 62.2. The van der Waals surface area contributed by atoms with Crippen molar-refractivity contribution in [3.8, 4) is 0 Å². The van der Waals surface area contributed by atoms with Crippen molar-refractivity contribution >= 4 is 65.2 Å². The number of fused-ring (bicyclic) bond motifs is 10. The summed E-state index contributed by atoms with van der Waals surface area (Å²) in [4.78, 5) is 49.4. The standard InChI is InChI=1S/C27H30FN9O9P2S2/c1-13-27-8-41-48(39,50)45-19-15-7-40-47(38,49)46-21(27)20(42-13)26(44-27)37-11-34-17-14(30-9-32-23(17)37)5-3-2-4-6-29-22-18-24(33-10-31-22)36(12-35-18)25(43-15)16(19)28/h2,4,9-13,15-16,19-21,25-26H,3,5-8H2,1H3,(H,38,49)(H,39,50)(H,29,31,33)/b4-2+/t13-,15+,16+,19+,20+,21-,25+,26+,27-,47?,48?/m0/s1. The third kappa shape index (κ3) is 5.46. The average Bonchev–Trinajstić information content (AvgIpc) is 3.88. The van der Waals surface area contributed by atoms with E-state index >= 15 is 4.39 Å². The fourth-order valence-electron chi connectivity index (χ4n) is 7.10. The first-order valence-corrected chi connectivity index (χ1v) is 20.9. The van der Waals surface area contributed by atoms with E-state index in [1.807, 2.05) is 12.2 Å². The number of anilines is 1. The third-order valence-corrected chi connectivity index (χ3v) is 12.6. The predicted molar refractivity (Wildman–Crippen MR) is 177 cm³/mol. The summed E-state index contributed by atoms with van der Waals surface area (Å²) in [7, 11) is 0. The smallest absolute Gasteiger partial charge is 0.325 e. The van der Waals surface area contributed by atoms with Gasteiger partial charge in [-0.05, 0) is 43.4 Å². The molecule has 4 aromatic heterocycles. The largest absolute Gasteiger partial charge is 0.365 e. The molecule has 23 heteroatoms. The van der Waals surface area contributed by atoms with Crippen LogP contribution in [-0.4, -0.2) is 111 Å². The van der Waals surface area contributed by atoms with Gasteiger partial charge in [0.2, 0.25) is 0 Å². The van der Waals surface area contributed by atoms with Crippen molar-refractivity contribution in [3.63, 3.8) is 0 Å². The quantitative estimate of drug-likeness (QED) is 0.173. The summed E-state index contributed by atoms with van der Waals surface area (Å²) in [6, 6.07) is 0. The maximum Gasteiger partial charge on any atom is 0.325 e. The average molecular weight is 770 g/mol. The Kier molecular flexibility index (Phi) is 8.20. The summed E-state index contributed by atoms with van der Waals surface area (Å²) >= 11 is 10.9. The van der Waals surface area contributed by atoms with Gasteiger partial charge in [-0.25, -0.2) is 34.3 Å². The molecule has 6 aliphatic heterocycles. The molecular formula is C27H30FN9O9P2S2. The number of hydrogen-bond donors (Lipinski definition) is 3. The molecule has 15 bridgehead atoms. The van der Waals surface area contributed by atoms with E-state index in [4.69, 9.17) is 55.9 Å². The first kappa shape index (κ1) is 33.4. The molecule has 1 spiro atoms. The Morgan fingerprint density at radius 2 is 1.64 bits per heavy atom. The maximum atomic E-state index is 16.4. The van der Waals surface area contributed by atoms with Gasteiger partial charge in [-0.3, -0.25) is 18.2 Å². The highest BCUT2D eigenvalue weighted by molar-refractivity contribution is 8.07. The molecule has 6 aliphatic rings. The molecule has 2 unspecified atom stereocenters. The van der Waals surface area contributed by atoms with E-state index in [0.717, 1.165) is 5.69 Å². The molecule has 18 nitrogen and oxygen atoms in total. The van der Waals surface area contributed by atoms with Crippen molar-refractivity contribution in [1.29, 1.82) is 0 Å². The number of hydrogen-bond acceptors (Lipinski definition) is 16. The molecule has 10 heterocycles. The van der Waals surface area contributed by atoms with Crippen LogP contribution in [0.4, 0.5) is 10.2 Å². The molecule has 0 radical (unpaired) electrons. The molecule has 0 amide bonds. The van der Waals surface area contributed by atoms with Gasteiger partial charge in [-0.15, -0.1) is 0 Å². The molecule has 0 aromatic carbocycles. The molecule has 0 aliphatic carbocycles. The topological polar surface area (TPSA) is 204 Å². The van der Waals surface area contributed by atoms with Crippen LogP contribution in [0.25, 0.3) is 22.3 Å². The number of nitrogens with zero attached hydrogens (tertiary/aromatic N) is 8.